The summed E-state index contributed by atoms with van der Waals surface area (Å²) in [6.45, 7) is 0. The second-order valence-electron chi connectivity index (χ2n) is 1.60. The molecule has 0 atom stereocenters. The molecule has 1 heterocycles. The van der Waals surface area contributed by atoms with Crippen LogP contribution in [0.15, 0.2) is 16.5 Å². The minimum Gasteiger partial charge on any atom is -0.323 e. The first kappa shape index (κ1) is 6.78. The second-order valence-corrected chi connectivity index (χ2v) is 2.51. The molecule has 0 aliphatic carbocycles. The van der Waals surface area contributed by atoms with Gasteiger partial charge in [0.1, 0.15) is 10.9 Å². The van der Waals surface area contributed by atoms with Crippen LogP contribution in [0.3, 0.4) is 0 Å². The molecule has 0 aromatic carbocycles. The number of rotatable bonds is 1. The summed E-state index contributed by atoms with van der Waals surface area (Å²) in [6, 6.07) is 3.84. The average Bonchev–Trinajstić information content (AvgIpc) is 2.36. The highest BCUT2D eigenvalue weighted by Crippen LogP contribution is 2.12. The van der Waals surface area contributed by atoms with Gasteiger partial charge in [0.25, 0.3) is 0 Å². The Bertz CT molecular complexity index is 281. The van der Waals surface area contributed by atoms with E-state index in [0.29, 0.717) is 4.88 Å². The lowest BCUT2D eigenvalue weighted by atomic mass is 10.3. The van der Waals surface area contributed by atoms with Crippen molar-refractivity contribution in [2.45, 2.75) is 0 Å². The van der Waals surface area contributed by atoms with E-state index in [2.05, 4.69) is 5.10 Å². The van der Waals surface area contributed by atoms with Crippen LogP contribution in [0.25, 0.3) is 0 Å². The van der Waals surface area contributed by atoms with E-state index in [1.54, 1.807) is 6.07 Å². The monoisotopic (exact) mass is 151 g/mol. The molecule has 50 valence electrons. The van der Waals surface area contributed by atoms with Crippen molar-refractivity contribution in [1.82, 2.24) is 0 Å². The summed E-state index contributed by atoms with van der Waals surface area (Å²) in [5.74, 6) is 4.91. The number of hydrogen-bond acceptors (Lipinski definition) is 4. The van der Waals surface area contributed by atoms with Gasteiger partial charge in [0.05, 0.1) is 6.21 Å². The molecule has 0 fully saturated rings. The van der Waals surface area contributed by atoms with E-state index in [0.717, 1.165) is 5.56 Å². The maximum Gasteiger partial charge on any atom is 0.113 e. The Morgan fingerprint density at radius 3 is 3.20 bits per heavy atom. The molecule has 0 bridgehead atoms. The van der Waals surface area contributed by atoms with E-state index >= 15 is 0 Å². The highest BCUT2D eigenvalue weighted by molar-refractivity contribution is 7.10. The second kappa shape index (κ2) is 2.99. The number of nitrogens with zero attached hydrogens (tertiary/aromatic N) is 2. The van der Waals surface area contributed by atoms with Gasteiger partial charge in [-0.1, -0.05) is 0 Å². The van der Waals surface area contributed by atoms with E-state index in [4.69, 9.17) is 11.1 Å². The van der Waals surface area contributed by atoms with E-state index in [9.17, 15) is 0 Å². The van der Waals surface area contributed by atoms with Gasteiger partial charge in [-0.15, -0.1) is 11.3 Å². The largest absolute Gasteiger partial charge is 0.323 e. The van der Waals surface area contributed by atoms with Gasteiger partial charge in [-0.05, 0) is 11.4 Å². The lowest BCUT2D eigenvalue weighted by molar-refractivity contribution is 1.26. The Morgan fingerprint density at radius 2 is 2.60 bits per heavy atom. The third kappa shape index (κ3) is 1.14. The molecule has 2 N–H and O–H groups in total. The molecule has 0 unspecified atom stereocenters. The van der Waals surface area contributed by atoms with Gasteiger partial charge < -0.3 is 5.84 Å². The number of thiophene rings is 1. The predicted molar refractivity (Wildman–Crippen MR) is 40.8 cm³/mol. The van der Waals surface area contributed by atoms with E-state index in [-0.39, 0.29) is 0 Å². The maximum absolute atomic E-state index is 8.49. The Balaban J connectivity index is 3.04. The predicted octanol–water partition coefficient (Wildman–Crippen LogP) is 0.912. The fourth-order valence-corrected chi connectivity index (χ4v) is 1.25. The highest BCUT2D eigenvalue weighted by Gasteiger charge is 1.97. The van der Waals surface area contributed by atoms with Gasteiger partial charge in [-0.2, -0.15) is 10.4 Å². The van der Waals surface area contributed by atoms with Crippen LogP contribution in [0.4, 0.5) is 0 Å². The molecule has 0 saturated heterocycles. The first-order valence-electron chi connectivity index (χ1n) is 2.59. The number of nitrogens with two attached hydrogens (primary N) is 1. The summed E-state index contributed by atoms with van der Waals surface area (Å²) in [4.78, 5) is 0.647. The summed E-state index contributed by atoms with van der Waals surface area (Å²) >= 11 is 1.38. The average molecular weight is 151 g/mol. The maximum atomic E-state index is 8.49. The third-order valence-electron chi connectivity index (χ3n) is 1.01. The molecule has 1 aromatic rings. The van der Waals surface area contributed by atoms with Crippen molar-refractivity contribution in [3.8, 4) is 6.07 Å². The van der Waals surface area contributed by atoms with Crippen molar-refractivity contribution in [1.29, 1.82) is 5.26 Å². The molecular formula is C6H5N3S. The number of hydrazone groups is 1. The Labute approximate surface area is 62.4 Å². The van der Waals surface area contributed by atoms with Gasteiger partial charge in [0, 0.05) is 5.56 Å². The van der Waals surface area contributed by atoms with Crippen LogP contribution in [0.5, 0.6) is 0 Å². The SMILES string of the molecule is N#Cc1sccc1C=NN. The zero-order chi connectivity index (χ0) is 7.40. The van der Waals surface area contributed by atoms with Crippen molar-refractivity contribution in [2.24, 2.45) is 10.9 Å². The third-order valence-corrected chi connectivity index (χ3v) is 1.85. The van der Waals surface area contributed by atoms with Crippen LogP contribution in [0.2, 0.25) is 0 Å². The molecule has 1 rings (SSSR count). The lowest BCUT2D eigenvalue weighted by Gasteiger charge is -1.81. The first-order valence-corrected chi connectivity index (χ1v) is 3.47. The van der Waals surface area contributed by atoms with Crippen molar-refractivity contribution >= 4 is 17.6 Å². The lowest BCUT2D eigenvalue weighted by Crippen LogP contribution is -1.85. The van der Waals surface area contributed by atoms with Crippen LogP contribution >= 0.6 is 11.3 Å². The molecule has 4 heteroatoms. The smallest absolute Gasteiger partial charge is 0.113 e. The molecule has 0 aliphatic heterocycles. The summed E-state index contributed by atoms with van der Waals surface area (Å²) in [5.41, 5.74) is 0.787. The van der Waals surface area contributed by atoms with Crippen molar-refractivity contribution in [3.63, 3.8) is 0 Å². The summed E-state index contributed by atoms with van der Waals surface area (Å²) < 4.78 is 0. The fourth-order valence-electron chi connectivity index (χ4n) is 0.592. The van der Waals surface area contributed by atoms with Crippen molar-refractivity contribution in [3.05, 3.63) is 21.9 Å². The van der Waals surface area contributed by atoms with Crippen LogP contribution in [0, 0.1) is 11.3 Å². The van der Waals surface area contributed by atoms with Crippen LogP contribution in [0.1, 0.15) is 10.4 Å². The van der Waals surface area contributed by atoms with Crippen molar-refractivity contribution in [2.75, 3.05) is 0 Å². The van der Waals surface area contributed by atoms with Gasteiger partial charge in [-0.25, -0.2) is 0 Å². The minimum atomic E-state index is 0.647. The molecule has 0 aliphatic rings. The van der Waals surface area contributed by atoms with E-state index in [1.165, 1.54) is 17.6 Å². The Hall–Kier alpha value is -1.34. The Morgan fingerprint density at radius 1 is 1.80 bits per heavy atom. The molecular weight excluding hydrogens is 146 g/mol. The van der Waals surface area contributed by atoms with E-state index in [1.807, 2.05) is 11.4 Å². The molecule has 3 nitrogen and oxygen atoms in total. The summed E-state index contributed by atoms with van der Waals surface area (Å²) in [7, 11) is 0. The van der Waals surface area contributed by atoms with Crippen LogP contribution in [-0.2, 0) is 0 Å². The fraction of sp³-hybridized carbons (Fsp3) is 0. The summed E-state index contributed by atoms with van der Waals surface area (Å²) in [6.07, 6.45) is 1.47. The molecule has 0 radical (unpaired) electrons. The topological polar surface area (TPSA) is 62.2 Å². The van der Waals surface area contributed by atoms with Crippen molar-refractivity contribution < 1.29 is 0 Å². The zero-order valence-electron chi connectivity index (χ0n) is 5.11. The van der Waals surface area contributed by atoms with Crippen LogP contribution < -0.4 is 5.84 Å². The van der Waals surface area contributed by atoms with Crippen LogP contribution in [-0.4, -0.2) is 6.21 Å². The molecule has 1 aromatic heterocycles. The van der Waals surface area contributed by atoms with Gasteiger partial charge in [0.15, 0.2) is 0 Å². The molecule has 0 saturated carbocycles. The molecule has 0 spiro atoms. The van der Waals surface area contributed by atoms with E-state index < -0.39 is 0 Å². The Kier molecular flexibility index (Phi) is 2.03. The number of nitriles is 1. The standard InChI is InChI=1S/C6H5N3S/c7-3-6-5(4-9-8)1-2-10-6/h1-2,4H,8H2. The highest BCUT2D eigenvalue weighted by atomic mass is 32.1. The first-order chi connectivity index (χ1) is 4.88. The molecule has 10 heavy (non-hydrogen) atoms. The summed E-state index contributed by atoms with van der Waals surface area (Å²) in [5, 5.41) is 13.6. The quantitative estimate of drug-likeness (QED) is 0.368. The minimum absolute atomic E-state index is 0.647. The van der Waals surface area contributed by atoms with Gasteiger partial charge in [-0.3, -0.25) is 0 Å². The number of hydrogen-bond donors (Lipinski definition) is 1. The van der Waals surface area contributed by atoms with Gasteiger partial charge in [0.2, 0.25) is 0 Å². The molecule has 0 amide bonds. The van der Waals surface area contributed by atoms with Gasteiger partial charge >= 0.3 is 0 Å². The normalized spacial score (nSPS) is 9.90. The zero-order valence-corrected chi connectivity index (χ0v) is 5.93.